The molecule has 4 rings (SSSR count). The minimum Gasteiger partial charge on any atom is -0.341 e. The minimum absolute atomic E-state index is 0.208. The lowest BCUT2D eigenvalue weighted by Gasteiger charge is -2.33. The van der Waals surface area contributed by atoms with Crippen molar-refractivity contribution in [2.24, 2.45) is 0 Å². The number of halogens is 2. The van der Waals surface area contributed by atoms with Gasteiger partial charge < -0.3 is 4.98 Å². The Morgan fingerprint density at radius 1 is 1.35 bits per heavy atom. The maximum absolute atomic E-state index is 13.4. The van der Waals surface area contributed by atoms with Gasteiger partial charge >= 0.3 is 0 Å². The van der Waals surface area contributed by atoms with Crippen LogP contribution in [0.3, 0.4) is 0 Å². The summed E-state index contributed by atoms with van der Waals surface area (Å²) in [6.45, 7) is 1.77. The third-order valence-corrected chi connectivity index (χ3v) is 5.31. The van der Waals surface area contributed by atoms with E-state index in [2.05, 4.69) is 19.9 Å². The molecule has 4 nitrogen and oxygen atoms in total. The van der Waals surface area contributed by atoms with Crippen LogP contribution >= 0.6 is 22.9 Å². The van der Waals surface area contributed by atoms with Gasteiger partial charge in [-0.1, -0.05) is 18.0 Å². The molecule has 23 heavy (non-hydrogen) atoms. The van der Waals surface area contributed by atoms with Crippen LogP contribution in [-0.2, 0) is 6.54 Å². The summed E-state index contributed by atoms with van der Waals surface area (Å²) in [6.07, 6.45) is 3.38. The van der Waals surface area contributed by atoms with Crippen LogP contribution in [0.5, 0.6) is 0 Å². The Morgan fingerprint density at radius 2 is 2.26 bits per heavy atom. The lowest BCUT2D eigenvalue weighted by molar-refractivity contribution is 0.133. The molecule has 0 aliphatic carbocycles. The maximum atomic E-state index is 13.4. The Bertz CT molecular complexity index is 830. The lowest BCUT2D eigenvalue weighted by Crippen LogP contribution is -2.33. The fourth-order valence-corrected chi connectivity index (χ4v) is 3.98. The van der Waals surface area contributed by atoms with Gasteiger partial charge in [0.2, 0.25) is 0 Å². The molecule has 1 aromatic carbocycles. The number of fused-ring (bicyclic) bond motifs is 1. The van der Waals surface area contributed by atoms with Crippen molar-refractivity contribution in [1.82, 2.24) is 19.9 Å². The van der Waals surface area contributed by atoms with Crippen LogP contribution in [0.2, 0.25) is 4.47 Å². The number of thiazole rings is 1. The van der Waals surface area contributed by atoms with Crippen LogP contribution in [0.15, 0.2) is 23.6 Å². The van der Waals surface area contributed by atoms with Gasteiger partial charge in [0.05, 0.1) is 22.8 Å². The summed E-state index contributed by atoms with van der Waals surface area (Å²) in [7, 11) is 0. The number of benzene rings is 1. The average molecular weight is 351 g/mol. The Morgan fingerprint density at radius 3 is 3.09 bits per heavy atom. The molecule has 0 saturated carbocycles. The van der Waals surface area contributed by atoms with Crippen molar-refractivity contribution >= 4 is 34.0 Å². The van der Waals surface area contributed by atoms with Crippen LogP contribution in [-0.4, -0.2) is 26.4 Å². The van der Waals surface area contributed by atoms with Gasteiger partial charge in [-0.15, -0.1) is 11.3 Å². The number of H-pyrrole nitrogens is 1. The molecule has 0 amide bonds. The van der Waals surface area contributed by atoms with Crippen molar-refractivity contribution in [2.45, 2.75) is 31.8 Å². The molecule has 1 N–H and O–H groups in total. The van der Waals surface area contributed by atoms with Gasteiger partial charge in [-0.3, -0.25) is 4.90 Å². The second-order valence-electron chi connectivity index (χ2n) is 5.86. The van der Waals surface area contributed by atoms with Crippen LogP contribution in [0.1, 0.15) is 36.8 Å². The highest BCUT2D eigenvalue weighted by atomic mass is 35.5. The number of imidazole rings is 1. The summed E-state index contributed by atoms with van der Waals surface area (Å²) in [5.41, 5.74) is 2.56. The number of nitrogens with one attached hydrogen (secondary N) is 1. The Hall–Kier alpha value is -1.50. The highest BCUT2D eigenvalue weighted by Gasteiger charge is 2.27. The minimum atomic E-state index is -0.245. The van der Waals surface area contributed by atoms with Crippen LogP contribution in [0.25, 0.3) is 11.0 Å². The summed E-state index contributed by atoms with van der Waals surface area (Å²) in [5, 5.41) is 2.00. The van der Waals surface area contributed by atoms with Crippen molar-refractivity contribution in [2.75, 3.05) is 6.54 Å². The number of rotatable bonds is 3. The fourth-order valence-electron chi connectivity index (χ4n) is 3.21. The highest BCUT2D eigenvalue weighted by Crippen LogP contribution is 2.32. The van der Waals surface area contributed by atoms with E-state index in [-0.39, 0.29) is 11.9 Å². The Labute approximate surface area is 142 Å². The molecule has 0 bridgehead atoms. The predicted molar refractivity (Wildman–Crippen MR) is 90.2 cm³/mol. The number of likely N-dealkylation sites (tertiary alicyclic amines) is 1. The van der Waals surface area contributed by atoms with Gasteiger partial charge in [-0.25, -0.2) is 14.4 Å². The first-order valence-electron chi connectivity index (χ1n) is 7.68. The van der Waals surface area contributed by atoms with E-state index in [4.69, 9.17) is 11.6 Å². The Kier molecular flexibility index (Phi) is 4.05. The standard InChI is InChI=1S/C16H16ClFN4S/c17-16-19-11(9-23-16)8-22-6-2-1-3-14(22)15-20-12-5-4-10(18)7-13(12)21-15/h4-5,7,9,14H,1-3,6,8H2,(H,20,21). The van der Waals surface area contributed by atoms with Gasteiger partial charge in [-0.05, 0) is 37.6 Å². The predicted octanol–water partition coefficient (Wildman–Crippen LogP) is 4.54. The average Bonchev–Trinajstić information content (AvgIpc) is 3.13. The zero-order valence-corrected chi connectivity index (χ0v) is 14.0. The number of nitrogens with zero attached hydrogens (tertiary/aromatic N) is 3. The number of aromatic nitrogens is 3. The second kappa shape index (κ2) is 6.19. The number of hydrogen-bond acceptors (Lipinski definition) is 4. The molecule has 3 heterocycles. The smallest absolute Gasteiger partial charge is 0.183 e. The molecule has 1 aliphatic rings. The van der Waals surface area contributed by atoms with Crippen molar-refractivity contribution < 1.29 is 4.39 Å². The van der Waals surface area contributed by atoms with E-state index >= 15 is 0 Å². The molecule has 1 atom stereocenters. The molecule has 0 radical (unpaired) electrons. The van der Waals surface area contributed by atoms with E-state index in [1.54, 1.807) is 6.07 Å². The van der Waals surface area contributed by atoms with E-state index in [0.717, 1.165) is 42.1 Å². The molecular formula is C16H16ClFN4S. The third-order valence-electron chi connectivity index (χ3n) is 4.28. The van der Waals surface area contributed by atoms with Gasteiger partial charge in [0, 0.05) is 11.9 Å². The zero-order valence-electron chi connectivity index (χ0n) is 12.4. The van der Waals surface area contributed by atoms with Gasteiger partial charge in [0.15, 0.2) is 4.47 Å². The SMILES string of the molecule is Fc1ccc2nc(C3CCCCN3Cc3csc(Cl)n3)[nH]c2c1. The summed E-state index contributed by atoms with van der Waals surface area (Å²) < 4.78 is 14.0. The molecule has 7 heteroatoms. The molecule has 1 fully saturated rings. The highest BCUT2D eigenvalue weighted by molar-refractivity contribution is 7.13. The number of piperidine rings is 1. The van der Waals surface area contributed by atoms with Gasteiger partial charge in [0.25, 0.3) is 0 Å². The molecular weight excluding hydrogens is 335 g/mol. The van der Waals surface area contributed by atoms with E-state index < -0.39 is 0 Å². The van der Waals surface area contributed by atoms with Crippen LogP contribution in [0, 0.1) is 5.82 Å². The maximum Gasteiger partial charge on any atom is 0.183 e. The molecule has 1 aliphatic heterocycles. The van der Waals surface area contributed by atoms with Crippen molar-refractivity contribution in [3.63, 3.8) is 0 Å². The summed E-state index contributed by atoms with van der Waals surface area (Å²) in [4.78, 5) is 14.7. The first-order chi connectivity index (χ1) is 11.2. The third kappa shape index (κ3) is 3.11. The largest absolute Gasteiger partial charge is 0.341 e. The summed E-state index contributed by atoms with van der Waals surface area (Å²) >= 11 is 7.39. The molecule has 1 saturated heterocycles. The number of hydrogen-bond donors (Lipinski definition) is 1. The molecule has 0 spiro atoms. The zero-order chi connectivity index (χ0) is 15.8. The molecule has 1 unspecified atom stereocenters. The molecule has 120 valence electrons. The molecule has 2 aromatic heterocycles. The number of aromatic amines is 1. The lowest BCUT2D eigenvalue weighted by atomic mass is 10.0. The van der Waals surface area contributed by atoms with E-state index in [1.165, 1.54) is 36.3 Å². The van der Waals surface area contributed by atoms with Gasteiger partial charge in [-0.2, -0.15) is 0 Å². The first-order valence-corrected chi connectivity index (χ1v) is 8.94. The quantitative estimate of drug-likeness (QED) is 0.754. The van der Waals surface area contributed by atoms with Crippen LogP contribution < -0.4 is 0 Å². The van der Waals surface area contributed by atoms with Crippen LogP contribution in [0.4, 0.5) is 4.39 Å². The second-order valence-corrected chi connectivity index (χ2v) is 7.30. The van der Waals surface area contributed by atoms with Crippen molar-refractivity contribution in [3.05, 3.63) is 45.4 Å². The van der Waals surface area contributed by atoms with E-state index in [9.17, 15) is 4.39 Å². The topological polar surface area (TPSA) is 44.8 Å². The van der Waals surface area contributed by atoms with Crippen molar-refractivity contribution in [1.29, 1.82) is 0 Å². The summed E-state index contributed by atoms with van der Waals surface area (Å²) in [5.74, 6) is 0.664. The molecule has 3 aromatic rings. The fraction of sp³-hybridized carbons (Fsp3) is 0.375. The first kappa shape index (κ1) is 15.1. The van der Waals surface area contributed by atoms with Gasteiger partial charge in [0.1, 0.15) is 11.6 Å². The van der Waals surface area contributed by atoms with E-state index in [1.807, 2.05) is 5.38 Å². The normalized spacial score (nSPS) is 19.5. The van der Waals surface area contributed by atoms with E-state index in [0.29, 0.717) is 4.47 Å². The van der Waals surface area contributed by atoms with Crippen molar-refractivity contribution in [3.8, 4) is 0 Å². The monoisotopic (exact) mass is 350 g/mol. The summed E-state index contributed by atoms with van der Waals surface area (Å²) in [6, 6.07) is 4.87. The Balaban J connectivity index is 1.63.